The smallest absolute Gasteiger partial charge is 0.252 e. The summed E-state index contributed by atoms with van der Waals surface area (Å²) in [5.41, 5.74) is 0.790. The first-order chi connectivity index (χ1) is 8.67. The normalized spacial score (nSPS) is 17.7. The molecule has 1 aromatic carbocycles. The summed E-state index contributed by atoms with van der Waals surface area (Å²) in [4.78, 5) is 12.1. The summed E-state index contributed by atoms with van der Waals surface area (Å²) in [5, 5.41) is 4.48. The number of carbonyl (C=O) groups is 1. The van der Waals surface area contributed by atoms with Gasteiger partial charge in [0.1, 0.15) is 0 Å². The zero-order valence-corrected chi connectivity index (χ0v) is 12.6. The van der Waals surface area contributed by atoms with Gasteiger partial charge >= 0.3 is 0 Å². The number of benzene rings is 1. The lowest BCUT2D eigenvalue weighted by molar-refractivity contribution is 0.0935. The molecule has 0 heterocycles. The van der Waals surface area contributed by atoms with Crippen molar-refractivity contribution in [1.29, 1.82) is 0 Å². The third-order valence-corrected chi connectivity index (χ3v) is 5.21. The zero-order valence-electron chi connectivity index (χ0n) is 10.2. The van der Waals surface area contributed by atoms with E-state index < -0.39 is 0 Å². The van der Waals surface area contributed by atoms with Crippen molar-refractivity contribution in [3.63, 3.8) is 0 Å². The molecule has 0 radical (unpaired) electrons. The van der Waals surface area contributed by atoms with E-state index in [4.69, 9.17) is 11.6 Å². The fourth-order valence-corrected chi connectivity index (χ4v) is 3.47. The van der Waals surface area contributed by atoms with Gasteiger partial charge in [0.15, 0.2) is 0 Å². The molecule has 4 heteroatoms. The van der Waals surface area contributed by atoms with Crippen LogP contribution in [0.4, 0.5) is 0 Å². The molecule has 1 saturated carbocycles. The molecule has 1 aliphatic carbocycles. The topological polar surface area (TPSA) is 29.1 Å². The predicted octanol–water partition coefficient (Wildman–Crippen LogP) is 4.03. The van der Waals surface area contributed by atoms with Gasteiger partial charge in [0.25, 0.3) is 5.91 Å². The Bertz CT molecular complexity index is 430. The highest BCUT2D eigenvalue weighted by Gasteiger charge is 2.33. The number of hydrogen-bond donors (Lipinski definition) is 1. The number of carbonyl (C=O) groups excluding carboxylic acids is 1. The highest BCUT2D eigenvalue weighted by Crippen LogP contribution is 2.39. The van der Waals surface area contributed by atoms with E-state index in [2.05, 4.69) is 21.2 Å². The van der Waals surface area contributed by atoms with E-state index >= 15 is 0 Å². The molecular formula is C14H17BrClNO. The van der Waals surface area contributed by atoms with Crippen LogP contribution >= 0.6 is 27.5 Å². The predicted molar refractivity (Wildman–Crippen MR) is 78.5 cm³/mol. The minimum atomic E-state index is -0.0761. The maximum Gasteiger partial charge on any atom is 0.252 e. The van der Waals surface area contributed by atoms with Crippen LogP contribution in [0, 0.1) is 5.41 Å². The fourth-order valence-electron chi connectivity index (χ4n) is 2.49. The van der Waals surface area contributed by atoms with Crippen LogP contribution in [-0.4, -0.2) is 17.8 Å². The highest BCUT2D eigenvalue weighted by molar-refractivity contribution is 9.09. The van der Waals surface area contributed by atoms with Gasteiger partial charge < -0.3 is 5.32 Å². The molecule has 0 bridgehead atoms. The van der Waals surface area contributed by atoms with Crippen molar-refractivity contribution in [3.8, 4) is 0 Å². The molecule has 1 aromatic rings. The molecule has 1 amide bonds. The minimum absolute atomic E-state index is 0.0761. The molecule has 1 aliphatic rings. The lowest BCUT2D eigenvalue weighted by Gasteiger charge is -2.26. The zero-order chi connectivity index (χ0) is 13.0. The van der Waals surface area contributed by atoms with Gasteiger partial charge in [-0.3, -0.25) is 4.79 Å². The van der Waals surface area contributed by atoms with Gasteiger partial charge in [0.05, 0.1) is 10.6 Å². The molecule has 2 nitrogen and oxygen atoms in total. The van der Waals surface area contributed by atoms with Crippen LogP contribution in [0.5, 0.6) is 0 Å². The maximum atomic E-state index is 12.1. The number of halogens is 2. The summed E-state index contributed by atoms with van der Waals surface area (Å²) < 4.78 is 0. The Morgan fingerprint density at radius 2 is 2.00 bits per heavy atom. The maximum absolute atomic E-state index is 12.1. The molecule has 0 aliphatic heterocycles. The molecule has 1 N–H and O–H groups in total. The summed E-state index contributed by atoms with van der Waals surface area (Å²) in [6.07, 6.45) is 4.88. The number of hydrogen-bond acceptors (Lipinski definition) is 1. The van der Waals surface area contributed by atoms with Gasteiger partial charge in [-0.15, -0.1) is 0 Å². The van der Waals surface area contributed by atoms with Crippen molar-refractivity contribution < 1.29 is 4.79 Å². The van der Waals surface area contributed by atoms with Gasteiger partial charge in [-0.2, -0.15) is 0 Å². The number of rotatable bonds is 4. The Labute approximate surface area is 121 Å². The summed E-state index contributed by atoms with van der Waals surface area (Å²) in [7, 11) is 0. The van der Waals surface area contributed by atoms with Crippen molar-refractivity contribution in [2.45, 2.75) is 25.7 Å². The van der Waals surface area contributed by atoms with Gasteiger partial charge in [-0.05, 0) is 30.4 Å². The van der Waals surface area contributed by atoms with Gasteiger partial charge in [0, 0.05) is 11.9 Å². The van der Waals surface area contributed by atoms with Crippen LogP contribution in [0.1, 0.15) is 36.0 Å². The molecule has 18 heavy (non-hydrogen) atoms. The Morgan fingerprint density at radius 1 is 1.33 bits per heavy atom. The van der Waals surface area contributed by atoms with E-state index in [1.165, 1.54) is 25.7 Å². The molecular weight excluding hydrogens is 314 g/mol. The molecule has 0 unspecified atom stereocenters. The van der Waals surface area contributed by atoms with E-state index in [0.717, 1.165) is 11.9 Å². The number of amides is 1. The first kappa shape index (κ1) is 13.9. The Morgan fingerprint density at radius 3 is 2.61 bits per heavy atom. The average molecular weight is 331 g/mol. The average Bonchev–Trinajstić information content (AvgIpc) is 2.86. The van der Waals surface area contributed by atoms with Crippen LogP contribution in [0.2, 0.25) is 5.02 Å². The van der Waals surface area contributed by atoms with Crippen molar-refractivity contribution in [2.75, 3.05) is 11.9 Å². The summed E-state index contributed by atoms with van der Waals surface area (Å²) in [6.45, 7) is 0.725. The number of alkyl halides is 1. The monoisotopic (exact) mass is 329 g/mol. The van der Waals surface area contributed by atoms with Crippen LogP contribution in [0.3, 0.4) is 0 Å². The SMILES string of the molecule is O=C(NCC1(CBr)CCCC1)c1ccccc1Cl. The molecule has 1 fully saturated rings. The molecule has 0 aromatic heterocycles. The lowest BCUT2D eigenvalue weighted by atomic mass is 9.89. The van der Waals surface area contributed by atoms with Gasteiger partial charge in [-0.25, -0.2) is 0 Å². The van der Waals surface area contributed by atoms with E-state index in [0.29, 0.717) is 10.6 Å². The van der Waals surface area contributed by atoms with Crippen molar-refractivity contribution >= 4 is 33.4 Å². The molecule has 2 rings (SSSR count). The van der Waals surface area contributed by atoms with E-state index in [9.17, 15) is 4.79 Å². The molecule has 0 atom stereocenters. The quantitative estimate of drug-likeness (QED) is 0.830. The molecule has 0 saturated heterocycles. The fraction of sp³-hybridized carbons (Fsp3) is 0.500. The van der Waals surface area contributed by atoms with Crippen molar-refractivity contribution in [2.24, 2.45) is 5.41 Å². The first-order valence-corrected chi connectivity index (χ1v) is 7.75. The third-order valence-electron chi connectivity index (χ3n) is 3.69. The van der Waals surface area contributed by atoms with Crippen LogP contribution in [0.25, 0.3) is 0 Å². The van der Waals surface area contributed by atoms with E-state index in [1.54, 1.807) is 12.1 Å². The Kier molecular flexibility index (Phi) is 4.68. The minimum Gasteiger partial charge on any atom is -0.351 e. The second-order valence-corrected chi connectivity index (χ2v) is 5.97. The Hall–Kier alpha value is -0.540. The molecule has 0 spiro atoms. The second-order valence-electron chi connectivity index (χ2n) is 5.00. The van der Waals surface area contributed by atoms with Crippen molar-refractivity contribution in [3.05, 3.63) is 34.9 Å². The summed E-state index contributed by atoms with van der Waals surface area (Å²) >= 11 is 9.59. The molecule has 98 valence electrons. The largest absolute Gasteiger partial charge is 0.351 e. The van der Waals surface area contributed by atoms with E-state index in [1.807, 2.05) is 12.1 Å². The first-order valence-electron chi connectivity index (χ1n) is 6.26. The van der Waals surface area contributed by atoms with Crippen LogP contribution in [0.15, 0.2) is 24.3 Å². The van der Waals surface area contributed by atoms with Crippen molar-refractivity contribution in [1.82, 2.24) is 5.32 Å². The third kappa shape index (κ3) is 3.07. The van der Waals surface area contributed by atoms with Gasteiger partial charge in [0.2, 0.25) is 0 Å². The summed E-state index contributed by atoms with van der Waals surface area (Å²) in [6, 6.07) is 7.16. The lowest BCUT2D eigenvalue weighted by Crippen LogP contribution is -2.37. The second kappa shape index (κ2) is 6.07. The Balaban J connectivity index is 1.98. The number of nitrogens with one attached hydrogen (secondary N) is 1. The van der Waals surface area contributed by atoms with E-state index in [-0.39, 0.29) is 11.3 Å². The standard InChI is InChI=1S/C14H17BrClNO/c15-9-14(7-3-4-8-14)10-17-13(18)11-5-1-2-6-12(11)16/h1-2,5-6H,3-4,7-10H2,(H,17,18). The summed E-state index contributed by atoms with van der Waals surface area (Å²) in [5.74, 6) is -0.0761. The van der Waals surface area contributed by atoms with Crippen LogP contribution in [-0.2, 0) is 0 Å². The highest BCUT2D eigenvalue weighted by atomic mass is 79.9. The van der Waals surface area contributed by atoms with Crippen LogP contribution < -0.4 is 5.32 Å². The van der Waals surface area contributed by atoms with Gasteiger partial charge in [-0.1, -0.05) is 52.5 Å².